The highest BCUT2D eigenvalue weighted by Crippen LogP contribution is 2.29. The maximum Gasteiger partial charge on any atom is 0.189 e. The summed E-state index contributed by atoms with van der Waals surface area (Å²) in [6.07, 6.45) is 0. The Morgan fingerprint density at radius 2 is 1.76 bits per heavy atom. The van der Waals surface area contributed by atoms with Crippen molar-refractivity contribution in [1.29, 1.82) is 0 Å². The van der Waals surface area contributed by atoms with Crippen LogP contribution in [0.2, 0.25) is 10.0 Å². The van der Waals surface area contributed by atoms with E-state index in [0.717, 1.165) is 16.8 Å². The minimum atomic E-state index is 0.519. The predicted molar refractivity (Wildman–Crippen MR) is 83.8 cm³/mol. The molecule has 1 heterocycles. The van der Waals surface area contributed by atoms with Gasteiger partial charge in [-0.1, -0.05) is 23.2 Å². The average Bonchev–Trinajstić information content (AvgIpc) is 2.87. The van der Waals surface area contributed by atoms with Gasteiger partial charge in [-0.3, -0.25) is 0 Å². The smallest absolute Gasteiger partial charge is 0.189 e. The van der Waals surface area contributed by atoms with Gasteiger partial charge in [0.15, 0.2) is 5.82 Å². The van der Waals surface area contributed by atoms with E-state index in [-0.39, 0.29) is 0 Å². The minimum Gasteiger partial charge on any atom is -0.398 e. The van der Waals surface area contributed by atoms with Crippen molar-refractivity contribution in [3.8, 4) is 17.1 Å². The molecule has 3 aromatic rings. The van der Waals surface area contributed by atoms with Crippen LogP contribution in [0.3, 0.4) is 0 Å². The third kappa shape index (κ3) is 2.57. The molecule has 0 unspecified atom stereocenters. The van der Waals surface area contributed by atoms with E-state index in [1.54, 1.807) is 28.9 Å². The third-order valence-corrected chi connectivity index (χ3v) is 3.58. The zero-order chi connectivity index (χ0) is 15.0. The molecule has 0 aliphatic carbocycles. The van der Waals surface area contributed by atoms with Gasteiger partial charge in [0.1, 0.15) is 0 Å². The van der Waals surface area contributed by atoms with E-state index in [4.69, 9.17) is 28.9 Å². The Bertz CT molecular complexity index is 747. The van der Waals surface area contributed by atoms with Crippen LogP contribution >= 0.6 is 23.2 Å². The number of aryl methyl sites for hydroxylation is 1. The quantitative estimate of drug-likeness (QED) is 0.733. The normalized spacial score (nSPS) is 10.8. The largest absolute Gasteiger partial charge is 0.398 e. The Morgan fingerprint density at radius 1 is 1.05 bits per heavy atom. The second-order valence-electron chi connectivity index (χ2n) is 4.58. The minimum absolute atomic E-state index is 0.519. The standard InChI is InChI=1S/C14H11Cl2N5/c1-8-6-9(15)3-5-13(8)21-14(18-19-20-21)11-4-2-10(16)7-12(11)17/h2-7H,17H2,1H3. The van der Waals surface area contributed by atoms with Crippen molar-refractivity contribution in [2.24, 2.45) is 0 Å². The molecule has 0 fully saturated rings. The van der Waals surface area contributed by atoms with Crippen molar-refractivity contribution >= 4 is 28.9 Å². The van der Waals surface area contributed by atoms with Crippen molar-refractivity contribution in [2.75, 3.05) is 5.73 Å². The van der Waals surface area contributed by atoms with Gasteiger partial charge in [-0.15, -0.1) is 5.10 Å². The number of rotatable bonds is 2. The molecule has 0 aliphatic rings. The molecule has 0 atom stereocenters. The second kappa shape index (κ2) is 5.35. The van der Waals surface area contributed by atoms with Crippen molar-refractivity contribution in [2.45, 2.75) is 6.92 Å². The van der Waals surface area contributed by atoms with Crippen molar-refractivity contribution in [3.05, 3.63) is 52.0 Å². The summed E-state index contributed by atoms with van der Waals surface area (Å²) in [6.45, 7) is 1.94. The highest BCUT2D eigenvalue weighted by molar-refractivity contribution is 6.31. The van der Waals surface area contributed by atoms with Crippen LogP contribution in [-0.2, 0) is 0 Å². The van der Waals surface area contributed by atoms with Crippen molar-refractivity contribution in [1.82, 2.24) is 20.2 Å². The van der Waals surface area contributed by atoms with Gasteiger partial charge in [0, 0.05) is 21.3 Å². The van der Waals surface area contributed by atoms with Crippen molar-refractivity contribution in [3.63, 3.8) is 0 Å². The van der Waals surface area contributed by atoms with E-state index in [0.29, 0.717) is 21.6 Å². The van der Waals surface area contributed by atoms with Crippen LogP contribution in [0.5, 0.6) is 0 Å². The van der Waals surface area contributed by atoms with Gasteiger partial charge < -0.3 is 5.73 Å². The molecule has 2 aromatic carbocycles. The number of halogens is 2. The lowest BCUT2D eigenvalue weighted by Crippen LogP contribution is -2.03. The molecule has 5 nitrogen and oxygen atoms in total. The molecule has 3 rings (SSSR count). The van der Waals surface area contributed by atoms with Gasteiger partial charge in [-0.25, -0.2) is 0 Å². The van der Waals surface area contributed by atoms with Crippen LogP contribution in [0, 0.1) is 6.92 Å². The van der Waals surface area contributed by atoms with Crippen LogP contribution in [0.1, 0.15) is 5.56 Å². The van der Waals surface area contributed by atoms with Gasteiger partial charge in [0.25, 0.3) is 0 Å². The topological polar surface area (TPSA) is 69.6 Å². The molecule has 0 saturated carbocycles. The first kappa shape index (κ1) is 13.9. The summed E-state index contributed by atoms with van der Waals surface area (Å²) in [6, 6.07) is 10.7. The van der Waals surface area contributed by atoms with E-state index < -0.39 is 0 Å². The van der Waals surface area contributed by atoms with Crippen LogP contribution < -0.4 is 5.73 Å². The molecule has 0 radical (unpaired) electrons. The Labute approximate surface area is 131 Å². The molecule has 7 heteroatoms. The zero-order valence-electron chi connectivity index (χ0n) is 11.1. The number of hydrogen-bond donors (Lipinski definition) is 1. The summed E-state index contributed by atoms with van der Waals surface area (Å²) in [5.74, 6) is 0.551. The highest BCUT2D eigenvalue weighted by atomic mass is 35.5. The number of benzene rings is 2. The Kier molecular flexibility index (Phi) is 3.53. The first-order valence-corrected chi connectivity index (χ1v) is 6.92. The Morgan fingerprint density at radius 3 is 2.48 bits per heavy atom. The first-order valence-electron chi connectivity index (χ1n) is 6.16. The molecule has 0 amide bonds. The second-order valence-corrected chi connectivity index (χ2v) is 5.45. The first-order chi connectivity index (χ1) is 10.1. The zero-order valence-corrected chi connectivity index (χ0v) is 12.6. The molecule has 0 saturated heterocycles. The number of anilines is 1. The van der Waals surface area contributed by atoms with E-state index in [1.807, 2.05) is 19.1 Å². The fourth-order valence-electron chi connectivity index (χ4n) is 2.11. The maximum atomic E-state index is 6.01. The Hall–Kier alpha value is -2.11. The Balaban J connectivity index is 2.17. The number of tetrazole rings is 1. The molecule has 2 N–H and O–H groups in total. The lowest BCUT2D eigenvalue weighted by molar-refractivity contribution is 0.787. The average molecular weight is 320 g/mol. The number of nitrogen functional groups attached to an aromatic ring is 1. The van der Waals surface area contributed by atoms with E-state index in [2.05, 4.69) is 15.5 Å². The van der Waals surface area contributed by atoms with Crippen LogP contribution in [0.15, 0.2) is 36.4 Å². The van der Waals surface area contributed by atoms with Gasteiger partial charge in [-0.2, -0.15) is 4.68 Å². The molecule has 0 aliphatic heterocycles. The molecule has 21 heavy (non-hydrogen) atoms. The number of nitrogens with zero attached hydrogens (tertiary/aromatic N) is 4. The summed E-state index contributed by atoms with van der Waals surface area (Å²) >= 11 is 11.9. The fraction of sp³-hybridized carbons (Fsp3) is 0.0714. The SMILES string of the molecule is Cc1cc(Cl)ccc1-n1nnnc1-c1ccc(Cl)cc1N. The van der Waals surface area contributed by atoms with Gasteiger partial charge in [0.05, 0.1) is 5.69 Å². The van der Waals surface area contributed by atoms with Crippen LogP contribution in [0.4, 0.5) is 5.69 Å². The number of hydrogen-bond acceptors (Lipinski definition) is 4. The van der Waals surface area contributed by atoms with Gasteiger partial charge in [-0.05, 0) is 59.3 Å². The molecule has 1 aromatic heterocycles. The number of aromatic nitrogens is 4. The summed E-state index contributed by atoms with van der Waals surface area (Å²) in [5, 5.41) is 13.1. The monoisotopic (exact) mass is 319 g/mol. The third-order valence-electron chi connectivity index (χ3n) is 3.11. The maximum absolute atomic E-state index is 6.01. The molecule has 106 valence electrons. The number of nitrogens with two attached hydrogens (primary N) is 1. The predicted octanol–water partition coefficient (Wildman–Crippen LogP) is 3.53. The summed E-state index contributed by atoms with van der Waals surface area (Å²) in [5.41, 5.74) is 9.05. The lowest BCUT2D eigenvalue weighted by atomic mass is 10.1. The van der Waals surface area contributed by atoms with Crippen LogP contribution in [-0.4, -0.2) is 20.2 Å². The summed E-state index contributed by atoms with van der Waals surface area (Å²) < 4.78 is 1.63. The lowest BCUT2D eigenvalue weighted by Gasteiger charge is -2.09. The van der Waals surface area contributed by atoms with E-state index in [9.17, 15) is 0 Å². The van der Waals surface area contributed by atoms with E-state index >= 15 is 0 Å². The van der Waals surface area contributed by atoms with Gasteiger partial charge in [0.2, 0.25) is 0 Å². The van der Waals surface area contributed by atoms with Crippen molar-refractivity contribution < 1.29 is 0 Å². The molecule has 0 spiro atoms. The molecular formula is C14H11Cl2N5. The summed E-state index contributed by atoms with van der Waals surface area (Å²) in [4.78, 5) is 0. The molecule has 0 bridgehead atoms. The molecular weight excluding hydrogens is 309 g/mol. The highest BCUT2D eigenvalue weighted by Gasteiger charge is 2.15. The fourth-order valence-corrected chi connectivity index (χ4v) is 2.52. The van der Waals surface area contributed by atoms with Gasteiger partial charge >= 0.3 is 0 Å². The van der Waals surface area contributed by atoms with E-state index in [1.165, 1.54) is 0 Å². The summed E-state index contributed by atoms with van der Waals surface area (Å²) in [7, 11) is 0. The van der Waals surface area contributed by atoms with Crippen LogP contribution in [0.25, 0.3) is 17.1 Å².